The summed E-state index contributed by atoms with van der Waals surface area (Å²) in [7, 11) is 0. The van der Waals surface area contributed by atoms with E-state index < -0.39 is 0 Å². The fourth-order valence-corrected chi connectivity index (χ4v) is 1.43. The summed E-state index contributed by atoms with van der Waals surface area (Å²) in [6.07, 6.45) is 3.88. The Morgan fingerprint density at radius 1 is 1.30 bits per heavy atom. The van der Waals surface area contributed by atoms with Gasteiger partial charge in [0.15, 0.2) is 0 Å². The molecule has 0 aliphatic rings. The monoisotopic (exact) mass is 278 g/mol. The second kappa shape index (κ2) is 6.75. The Balaban J connectivity index is 2.28. The number of hydrogen-bond acceptors (Lipinski definition) is 8. The summed E-state index contributed by atoms with van der Waals surface area (Å²) in [5.41, 5.74) is 0. The van der Waals surface area contributed by atoms with E-state index in [9.17, 15) is 0 Å². The van der Waals surface area contributed by atoms with Crippen molar-refractivity contribution in [2.75, 3.05) is 23.8 Å². The molecule has 0 fully saturated rings. The number of nitrogens with zero attached hydrogens (tertiary/aromatic N) is 6. The molecule has 2 rings (SSSR count). The van der Waals surface area contributed by atoms with E-state index in [0.717, 1.165) is 13.0 Å². The topological polar surface area (TPSA) is 114 Å². The molecule has 0 aromatic carbocycles. The molecule has 2 aromatic rings. The van der Waals surface area contributed by atoms with Crippen molar-refractivity contribution in [2.24, 2.45) is 0 Å². The van der Waals surface area contributed by atoms with E-state index in [1.54, 1.807) is 0 Å². The SMILES string of the molecule is CCCNc1nc(NC(C)CO)nc(-n2cncn2)n1. The average molecular weight is 278 g/mol. The number of anilines is 2. The summed E-state index contributed by atoms with van der Waals surface area (Å²) in [5.74, 6) is 1.20. The number of hydrogen-bond donors (Lipinski definition) is 3. The van der Waals surface area contributed by atoms with Gasteiger partial charge in [-0.3, -0.25) is 0 Å². The van der Waals surface area contributed by atoms with Gasteiger partial charge >= 0.3 is 0 Å². The number of aromatic nitrogens is 6. The lowest BCUT2D eigenvalue weighted by Gasteiger charge is -2.12. The molecule has 0 aliphatic heterocycles. The molecule has 0 aliphatic carbocycles. The Labute approximate surface area is 116 Å². The van der Waals surface area contributed by atoms with Crippen molar-refractivity contribution in [1.29, 1.82) is 0 Å². The fraction of sp³-hybridized carbons (Fsp3) is 0.545. The van der Waals surface area contributed by atoms with Crippen LogP contribution in [0, 0.1) is 0 Å². The zero-order valence-electron chi connectivity index (χ0n) is 11.5. The van der Waals surface area contributed by atoms with Crippen LogP contribution in [-0.2, 0) is 0 Å². The maximum atomic E-state index is 9.08. The first-order valence-corrected chi connectivity index (χ1v) is 6.45. The highest BCUT2D eigenvalue weighted by atomic mass is 16.3. The molecule has 0 bridgehead atoms. The predicted octanol–water partition coefficient (Wildman–Crippen LogP) is 0.0669. The lowest BCUT2D eigenvalue weighted by molar-refractivity contribution is 0.281. The van der Waals surface area contributed by atoms with Crippen molar-refractivity contribution in [3.63, 3.8) is 0 Å². The molecule has 20 heavy (non-hydrogen) atoms. The van der Waals surface area contributed by atoms with E-state index in [-0.39, 0.29) is 12.6 Å². The van der Waals surface area contributed by atoms with Crippen molar-refractivity contribution in [2.45, 2.75) is 26.3 Å². The van der Waals surface area contributed by atoms with Crippen LogP contribution >= 0.6 is 0 Å². The predicted molar refractivity (Wildman–Crippen MR) is 73.7 cm³/mol. The Morgan fingerprint density at radius 2 is 2.10 bits per heavy atom. The second-order valence-electron chi connectivity index (χ2n) is 4.28. The molecule has 0 saturated heterocycles. The van der Waals surface area contributed by atoms with Gasteiger partial charge in [-0.1, -0.05) is 6.92 Å². The van der Waals surface area contributed by atoms with Gasteiger partial charge in [-0.15, -0.1) is 0 Å². The van der Waals surface area contributed by atoms with Gasteiger partial charge in [0.05, 0.1) is 6.61 Å². The molecule has 3 N–H and O–H groups in total. The van der Waals surface area contributed by atoms with Crippen LogP contribution in [0.4, 0.5) is 11.9 Å². The van der Waals surface area contributed by atoms with E-state index in [2.05, 4.69) is 42.6 Å². The number of aliphatic hydroxyl groups is 1. The van der Waals surface area contributed by atoms with Gasteiger partial charge in [0.1, 0.15) is 12.7 Å². The van der Waals surface area contributed by atoms with E-state index >= 15 is 0 Å². The standard InChI is InChI=1S/C11H18N8O/c1-3-4-13-9-16-10(15-8(2)5-20)18-11(17-9)19-7-12-6-14-19/h6-8,20H,3-5H2,1-2H3,(H2,13,15,16,17,18). The summed E-state index contributed by atoms with van der Waals surface area (Å²) in [6.45, 7) is 4.63. The van der Waals surface area contributed by atoms with E-state index in [1.807, 2.05) is 6.92 Å². The van der Waals surface area contributed by atoms with Crippen molar-refractivity contribution >= 4 is 11.9 Å². The van der Waals surface area contributed by atoms with Gasteiger partial charge < -0.3 is 15.7 Å². The van der Waals surface area contributed by atoms with Crippen LogP contribution in [0.1, 0.15) is 20.3 Å². The van der Waals surface area contributed by atoms with Crippen LogP contribution in [0.25, 0.3) is 5.95 Å². The minimum atomic E-state index is -0.153. The van der Waals surface area contributed by atoms with Crippen LogP contribution < -0.4 is 10.6 Å². The van der Waals surface area contributed by atoms with Crippen molar-refractivity contribution in [3.8, 4) is 5.95 Å². The number of nitrogens with one attached hydrogen (secondary N) is 2. The molecular weight excluding hydrogens is 260 g/mol. The van der Waals surface area contributed by atoms with Gasteiger partial charge in [-0.05, 0) is 13.3 Å². The summed E-state index contributed by atoms with van der Waals surface area (Å²) in [5, 5.41) is 19.2. The van der Waals surface area contributed by atoms with Crippen molar-refractivity contribution in [1.82, 2.24) is 29.7 Å². The zero-order valence-corrected chi connectivity index (χ0v) is 11.5. The summed E-state index contributed by atoms with van der Waals surface area (Å²) < 4.78 is 1.45. The van der Waals surface area contributed by atoms with E-state index in [1.165, 1.54) is 17.3 Å². The van der Waals surface area contributed by atoms with Gasteiger partial charge in [0, 0.05) is 12.6 Å². The van der Waals surface area contributed by atoms with Crippen LogP contribution in [0.3, 0.4) is 0 Å². The largest absolute Gasteiger partial charge is 0.394 e. The smallest absolute Gasteiger partial charge is 0.258 e. The quantitative estimate of drug-likeness (QED) is 0.652. The lowest BCUT2D eigenvalue weighted by Crippen LogP contribution is -2.22. The first kappa shape index (κ1) is 14.1. The maximum absolute atomic E-state index is 9.08. The van der Waals surface area contributed by atoms with E-state index in [0.29, 0.717) is 17.8 Å². The van der Waals surface area contributed by atoms with Crippen molar-refractivity contribution < 1.29 is 5.11 Å². The number of aliphatic hydroxyl groups excluding tert-OH is 1. The Morgan fingerprint density at radius 3 is 2.75 bits per heavy atom. The van der Waals surface area contributed by atoms with Gasteiger partial charge in [-0.2, -0.15) is 24.7 Å². The minimum Gasteiger partial charge on any atom is -0.394 e. The Kier molecular flexibility index (Phi) is 4.77. The summed E-state index contributed by atoms with van der Waals surface area (Å²) in [6, 6.07) is -0.153. The van der Waals surface area contributed by atoms with Gasteiger partial charge in [0.2, 0.25) is 11.9 Å². The summed E-state index contributed by atoms with van der Waals surface area (Å²) in [4.78, 5) is 16.6. The fourth-order valence-electron chi connectivity index (χ4n) is 1.43. The van der Waals surface area contributed by atoms with E-state index in [4.69, 9.17) is 5.11 Å². The third kappa shape index (κ3) is 3.60. The third-order valence-corrected chi connectivity index (χ3v) is 2.43. The molecule has 0 saturated carbocycles. The van der Waals surface area contributed by atoms with Crippen LogP contribution in [-0.4, -0.2) is 54.0 Å². The molecule has 0 radical (unpaired) electrons. The average Bonchev–Trinajstić information content (AvgIpc) is 2.99. The zero-order chi connectivity index (χ0) is 14.4. The summed E-state index contributed by atoms with van der Waals surface area (Å²) >= 11 is 0. The lowest BCUT2D eigenvalue weighted by atomic mass is 10.4. The molecule has 0 spiro atoms. The first-order valence-electron chi connectivity index (χ1n) is 6.45. The Hall–Kier alpha value is -2.29. The molecule has 2 heterocycles. The highest BCUT2D eigenvalue weighted by Gasteiger charge is 2.10. The minimum absolute atomic E-state index is 0.0118. The molecule has 2 aromatic heterocycles. The first-order chi connectivity index (χ1) is 9.72. The van der Waals surface area contributed by atoms with Crippen LogP contribution in [0.2, 0.25) is 0 Å². The third-order valence-electron chi connectivity index (χ3n) is 2.43. The molecule has 0 amide bonds. The molecule has 1 atom stereocenters. The van der Waals surface area contributed by atoms with Crippen LogP contribution in [0.5, 0.6) is 0 Å². The molecule has 108 valence electrons. The maximum Gasteiger partial charge on any atom is 0.258 e. The van der Waals surface area contributed by atoms with Gasteiger partial charge in [-0.25, -0.2) is 4.98 Å². The molecule has 1 unspecified atom stereocenters. The Bertz CT molecular complexity index is 529. The molecule has 9 heteroatoms. The highest BCUT2D eigenvalue weighted by Crippen LogP contribution is 2.09. The number of rotatable bonds is 7. The van der Waals surface area contributed by atoms with Gasteiger partial charge in [0.25, 0.3) is 5.95 Å². The normalized spacial score (nSPS) is 12.2. The van der Waals surface area contributed by atoms with Crippen molar-refractivity contribution in [3.05, 3.63) is 12.7 Å². The molecular formula is C11H18N8O. The highest BCUT2D eigenvalue weighted by molar-refractivity contribution is 5.38. The molecule has 9 nitrogen and oxygen atoms in total. The van der Waals surface area contributed by atoms with Crippen LogP contribution in [0.15, 0.2) is 12.7 Å². The second-order valence-corrected chi connectivity index (χ2v) is 4.28.